The van der Waals surface area contributed by atoms with E-state index in [9.17, 15) is 14.0 Å². The maximum absolute atomic E-state index is 13.2. The molecule has 0 radical (unpaired) electrons. The number of benzene rings is 2. The zero-order valence-electron chi connectivity index (χ0n) is 13.4. The monoisotopic (exact) mass is 358 g/mol. The summed E-state index contributed by atoms with van der Waals surface area (Å²) in [5, 5.41) is 3.09. The number of hydrogen-bond donors (Lipinski definition) is 1. The van der Waals surface area contributed by atoms with Gasteiger partial charge in [-0.05, 0) is 41.7 Å². The van der Waals surface area contributed by atoms with E-state index in [4.69, 9.17) is 11.6 Å². The molecule has 6 heteroatoms. The first kappa shape index (κ1) is 16.1. The lowest BCUT2D eigenvalue weighted by atomic mass is 9.78. The fraction of sp³-hybridized carbons (Fsp3) is 0.263. The van der Waals surface area contributed by atoms with Crippen LogP contribution in [-0.2, 0) is 24.2 Å². The van der Waals surface area contributed by atoms with Gasteiger partial charge in [-0.2, -0.15) is 0 Å². The van der Waals surface area contributed by atoms with Crippen LogP contribution in [0.15, 0.2) is 42.5 Å². The fourth-order valence-electron chi connectivity index (χ4n) is 3.66. The van der Waals surface area contributed by atoms with Gasteiger partial charge >= 0.3 is 6.03 Å². The second-order valence-corrected chi connectivity index (χ2v) is 6.99. The van der Waals surface area contributed by atoms with Gasteiger partial charge in [0, 0.05) is 11.4 Å². The van der Waals surface area contributed by atoms with E-state index in [2.05, 4.69) is 11.4 Å². The average Bonchev–Trinajstić information content (AvgIpc) is 2.81. The van der Waals surface area contributed by atoms with Crippen LogP contribution in [0, 0.1) is 5.82 Å². The Hall–Kier alpha value is -2.40. The van der Waals surface area contributed by atoms with Crippen LogP contribution >= 0.6 is 11.6 Å². The van der Waals surface area contributed by atoms with Crippen LogP contribution in [-0.4, -0.2) is 22.4 Å². The van der Waals surface area contributed by atoms with E-state index < -0.39 is 17.4 Å². The predicted molar refractivity (Wildman–Crippen MR) is 91.7 cm³/mol. The highest BCUT2D eigenvalue weighted by Crippen LogP contribution is 2.34. The zero-order chi connectivity index (χ0) is 17.6. The predicted octanol–water partition coefficient (Wildman–Crippen LogP) is 3.46. The van der Waals surface area contributed by atoms with Gasteiger partial charge < -0.3 is 5.32 Å². The van der Waals surface area contributed by atoms with E-state index in [0.717, 1.165) is 12.0 Å². The molecule has 4 rings (SSSR count). The molecule has 2 aromatic rings. The Balaban J connectivity index is 1.61. The highest BCUT2D eigenvalue weighted by molar-refractivity contribution is 6.31. The number of nitrogens with zero attached hydrogens (tertiary/aromatic N) is 1. The van der Waals surface area contributed by atoms with Gasteiger partial charge in [0.2, 0.25) is 0 Å². The Morgan fingerprint density at radius 2 is 1.92 bits per heavy atom. The summed E-state index contributed by atoms with van der Waals surface area (Å²) < 4.78 is 13.2. The SMILES string of the molecule is O=C1NC2(CCc3ccccc3C2)C(=O)N1Cc1ccc(F)cc1Cl. The van der Waals surface area contributed by atoms with Gasteiger partial charge in [0.15, 0.2) is 0 Å². The summed E-state index contributed by atoms with van der Waals surface area (Å²) in [6.07, 6.45) is 1.80. The minimum absolute atomic E-state index is 0.0349. The van der Waals surface area contributed by atoms with E-state index in [-0.39, 0.29) is 17.5 Å². The number of fused-ring (bicyclic) bond motifs is 1. The molecule has 1 N–H and O–H groups in total. The normalized spacial score (nSPS) is 22.2. The molecule has 0 saturated carbocycles. The van der Waals surface area contributed by atoms with E-state index in [0.29, 0.717) is 18.4 Å². The summed E-state index contributed by atoms with van der Waals surface area (Å²) in [5.74, 6) is -0.696. The number of urea groups is 1. The lowest BCUT2D eigenvalue weighted by Crippen LogP contribution is -2.51. The van der Waals surface area contributed by atoms with E-state index >= 15 is 0 Å². The van der Waals surface area contributed by atoms with Crippen molar-refractivity contribution in [1.82, 2.24) is 10.2 Å². The molecule has 1 fully saturated rings. The minimum Gasteiger partial charge on any atom is -0.323 e. The molecule has 3 amide bonds. The molecule has 25 heavy (non-hydrogen) atoms. The number of aryl methyl sites for hydroxylation is 1. The van der Waals surface area contributed by atoms with Crippen LogP contribution in [0.4, 0.5) is 9.18 Å². The van der Waals surface area contributed by atoms with Crippen molar-refractivity contribution in [2.45, 2.75) is 31.3 Å². The Labute approximate surface area is 149 Å². The van der Waals surface area contributed by atoms with Crippen LogP contribution < -0.4 is 5.32 Å². The molecular weight excluding hydrogens is 343 g/mol. The van der Waals surface area contributed by atoms with Crippen molar-refractivity contribution in [2.75, 3.05) is 0 Å². The highest BCUT2D eigenvalue weighted by atomic mass is 35.5. The first-order chi connectivity index (χ1) is 12.0. The standard InChI is InChI=1S/C19H16ClFN2O2/c20-16-9-15(21)6-5-14(16)11-23-17(24)19(22-18(23)25)8-7-12-3-1-2-4-13(12)10-19/h1-6,9H,7-8,10-11H2,(H,22,25). The van der Waals surface area contributed by atoms with E-state index in [1.54, 1.807) is 0 Å². The molecule has 4 nitrogen and oxygen atoms in total. The van der Waals surface area contributed by atoms with Crippen LogP contribution in [0.1, 0.15) is 23.1 Å². The van der Waals surface area contributed by atoms with Crippen LogP contribution in [0.25, 0.3) is 0 Å². The summed E-state index contributed by atoms with van der Waals surface area (Å²) in [6, 6.07) is 11.5. The number of carbonyl (C=O) groups is 2. The lowest BCUT2D eigenvalue weighted by Gasteiger charge is -2.32. The molecule has 2 aromatic carbocycles. The van der Waals surface area contributed by atoms with Crippen molar-refractivity contribution in [3.8, 4) is 0 Å². The number of hydrogen-bond acceptors (Lipinski definition) is 2. The van der Waals surface area contributed by atoms with Crippen molar-refractivity contribution < 1.29 is 14.0 Å². The summed E-state index contributed by atoms with van der Waals surface area (Å²) in [7, 11) is 0. The van der Waals surface area contributed by atoms with Gasteiger partial charge in [0.05, 0.1) is 6.54 Å². The molecule has 1 spiro atoms. The number of halogens is 2. The van der Waals surface area contributed by atoms with Crippen molar-refractivity contribution in [3.63, 3.8) is 0 Å². The smallest absolute Gasteiger partial charge is 0.323 e. The Kier molecular flexibility index (Phi) is 3.76. The minimum atomic E-state index is -0.891. The topological polar surface area (TPSA) is 49.4 Å². The maximum Gasteiger partial charge on any atom is 0.325 e. The summed E-state index contributed by atoms with van der Waals surface area (Å²) in [6.45, 7) is 0.0349. The molecule has 1 aliphatic heterocycles. The fourth-order valence-corrected chi connectivity index (χ4v) is 3.89. The first-order valence-electron chi connectivity index (χ1n) is 8.13. The largest absolute Gasteiger partial charge is 0.325 e. The highest BCUT2D eigenvalue weighted by Gasteiger charge is 2.52. The van der Waals surface area contributed by atoms with Crippen molar-refractivity contribution in [2.24, 2.45) is 0 Å². The Morgan fingerprint density at radius 3 is 2.68 bits per heavy atom. The van der Waals surface area contributed by atoms with Gasteiger partial charge in [-0.1, -0.05) is 41.9 Å². The average molecular weight is 359 g/mol. The van der Waals surface area contributed by atoms with E-state index in [1.807, 2.05) is 18.2 Å². The number of rotatable bonds is 2. The van der Waals surface area contributed by atoms with Gasteiger partial charge in [-0.3, -0.25) is 9.69 Å². The van der Waals surface area contributed by atoms with Gasteiger partial charge in [-0.25, -0.2) is 9.18 Å². The third kappa shape index (κ3) is 2.68. The van der Waals surface area contributed by atoms with Crippen molar-refractivity contribution in [3.05, 3.63) is 70.0 Å². The molecule has 1 atom stereocenters. The first-order valence-corrected chi connectivity index (χ1v) is 8.51. The summed E-state index contributed by atoms with van der Waals surface area (Å²) in [4.78, 5) is 26.6. The van der Waals surface area contributed by atoms with Crippen LogP contribution in [0.5, 0.6) is 0 Å². The van der Waals surface area contributed by atoms with Gasteiger partial charge in [-0.15, -0.1) is 0 Å². The van der Waals surface area contributed by atoms with Gasteiger partial charge in [0.1, 0.15) is 11.4 Å². The number of nitrogens with one attached hydrogen (secondary N) is 1. The third-order valence-corrected chi connectivity index (χ3v) is 5.37. The molecule has 128 valence electrons. The van der Waals surface area contributed by atoms with Crippen LogP contribution in [0.2, 0.25) is 5.02 Å². The quantitative estimate of drug-likeness (QED) is 0.836. The lowest BCUT2D eigenvalue weighted by molar-refractivity contribution is -0.132. The molecular formula is C19H16ClFN2O2. The summed E-state index contributed by atoms with van der Waals surface area (Å²) >= 11 is 6.04. The second-order valence-electron chi connectivity index (χ2n) is 6.58. The number of amides is 3. The molecule has 1 saturated heterocycles. The molecule has 1 unspecified atom stereocenters. The summed E-state index contributed by atoms with van der Waals surface area (Å²) in [5.41, 5.74) is 1.96. The molecule has 0 bridgehead atoms. The number of carbonyl (C=O) groups excluding carboxylic acids is 2. The molecule has 2 aliphatic rings. The Bertz CT molecular complexity index is 885. The number of imide groups is 1. The van der Waals surface area contributed by atoms with Crippen molar-refractivity contribution >= 4 is 23.5 Å². The molecule has 0 aromatic heterocycles. The van der Waals surface area contributed by atoms with E-state index in [1.165, 1.54) is 28.7 Å². The van der Waals surface area contributed by atoms with Crippen molar-refractivity contribution in [1.29, 1.82) is 0 Å². The Morgan fingerprint density at radius 1 is 1.16 bits per heavy atom. The zero-order valence-corrected chi connectivity index (χ0v) is 14.1. The second kappa shape index (κ2) is 5.85. The van der Waals surface area contributed by atoms with Crippen LogP contribution in [0.3, 0.4) is 0 Å². The molecule has 1 aliphatic carbocycles. The van der Waals surface area contributed by atoms with Gasteiger partial charge in [0.25, 0.3) is 5.91 Å². The molecule has 1 heterocycles. The maximum atomic E-state index is 13.2. The third-order valence-electron chi connectivity index (χ3n) is 5.02.